The molecule has 2 aromatic heterocycles. The molecule has 5 nitrogen and oxygen atoms in total. The van der Waals surface area contributed by atoms with Crippen LogP contribution in [0.15, 0.2) is 107 Å². The summed E-state index contributed by atoms with van der Waals surface area (Å²) in [6.07, 6.45) is 5.39. The molecule has 2 heterocycles. The summed E-state index contributed by atoms with van der Waals surface area (Å²) in [6, 6.07) is 22.0. The van der Waals surface area contributed by atoms with Gasteiger partial charge in [0.05, 0.1) is 17.7 Å². The van der Waals surface area contributed by atoms with Crippen molar-refractivity contribution in [1.82, 2.24) is 14.2 Å². The lowest BCUT2D eigenvalue weighted by Crippen LogP contribution is -2.14. The van der Waals surface area contributed by atoms with Gasteiger partial charge in [0.15, 0.2) is 0 Å². The second kappa shape index (κ2) is 9.59. The predicted octanol–water partition coefficient (Wildman–Crippen LogP) is 6.70. The maximum Gasteiger partial charge on any atom is 0.211 e. The maximum absolute atomic E-state index is 14.3. The van der Waals surface area contributed by atoms with Gasteiger partial charge in [0, 0.05) is 34.0 Å². The minimum absolute atomic E-state index is 0.262. The van der Waals surface area contributed by atoms with Crippen molar-refractivity contribution in [3.8, 4) is 16.9 Å². The van der Waals surface area contributed by atoms with Gasteiger partial charge >= 0.3 is 0 Å². The molecule has 5 rings (SSSR count). The van der Waals surface area contributed by atoms with Crippen LogP contribution in [0.3, 0.4) is 0 Å². The van der Waals surface area contributed by atoms with Crippen LogP contribution in [-0.2, 0) is 0 Å². The topological polar surface area (TPSA) is 47.5 Å². The second-order valence-corrected chi connectivity index (χ2v) is 8.76. The summed E-state index contributed by atoms with van der Waals surface area (Å²) in [4.78, 5) is 9.21. The zero-order valence-electron chi connectivity index (χ0n) is 18.1. The Morgan fingerprint density at radius 3 is 2.47 bits per heavy atom. The first-order chi connectivity index (χ1) is 16.6. The molecule has 0 amide bonds. The van der Waals surface area contributed by atoms with E-state index in [4.69, 9.17) is 16.7 Å². The summed E-state index contributed by atoms with van der Waals surface area (Å²) in [5, 5.41) is 7.49. The first-order valence-electron chi connectivity index (χ1n) is 10.5. The SMILES string of the molecule is C/C(=N\n1c(-c2ccc(Cl)cc2)csc1=Nc1ccccc1F)c1ccc(-n2ccnc2)cc1. The molecule has 0 unspecified atom stereocenters. The molecular weight excluding hydrogens is 469 g/mol. The van der Waals surface area contributed by atoms with Crippen molar-refractivity contribution in [2.45, 2.75) is 6.92 Å². The van der Waals surface area contributed by atoms with Crippen LogP contribution in [0.25, 0.3) is 16.9 Å². The molecule has 0 aliphatic heterocycles. The van der Waals surface area contributed by atoms with Crippen LogP contribution < -0.4 is 4.80 Å². The molecule has 5 aromatic rings. The van der Waals surface area contributed by atoms with Crippen molar-refractivity contribution in [2.75, 3.05) is 0 Å². The number of hydrogen-bond acceptors (Lipinski definition) is 4. The van der Waals surface area contributed by atoms with Gasteiger partial charge in [-0.1, -0.05) is 48.0 Å². The standard InChI is InChI=1S/C26H19ClFN5S/c1-18(19-8-12-22(13-9-19)32-15-14-29-17-32)31-33-25(20-6-10-21(27)11-7-20)16-34-26(33)30-24-5-3-2-4-23(24)28/h2-17H,1H3/b30-26?,31-18+. The second-order valence-electron chi connectivity index (χ2n) is 7.49. The molecule has 0 fully saturated rings. The molecule has 8 heteroatoms. The van der Waals surface area contributed by atoms with Gasteiger partial charge in [0.1, 0.15) is 11.5 Å². The van der Waals surface area contributed by atoms with E-state index in [1.165, 1.54) is 17.4 Å². The van der Waals surface area contributed by atoms with Gasteiger partial charge in [-0.25, -0.2) is 19.0 Å². The zero-order valence-corrected chi connectivity index (χ0v) is 19.7. The molecule has 3 aromatic carbocycles. The summed E-state index contributed by atoms with van der Waals surface area (Å²) >= 11 is 7.48. The average Bonchev–Trinajstić information content (AvgIpc) is 3.52. The Hall–Kier alpha value is -3.81. The number of aromatic nitrogens is 3. The van der Waals surface area contributed by atoms with Crippen LogP contribution in [0.4, 0.5) is 10.1 Å². The number of hydrogen-bond donors (Lipinski definition) is 0. The average molecular weight is 488 g/mol. The first-order valence-corrected chi connectivity index (χ1v) is 11.7. The molecule has 34 heavy (non-hydrogen) atoms. The highest BCUT2D eigenvalue weighted by Crippen LogP contribution is 2.24. The van der Waals surface area contributed by atoms with E-state index in [1.54, 1.807) is 35.4 Å². The minimum Gasteiger partial charge on any atom is -0.306 e. The molecule has 0 aliphatic carbocycles. The summed E-state index contributed by atoms with van der Waals surface area (Å²) in [6.45, 7) is 1.94. The largest absolute Gasteiger partial charge is 0.306 e. The Labute approximate surface area is 204 Å². The van der Waals surface area contributed by atoms with Gasteiger partial charge < -0.3 is 4.57 Å². The lowest BCUT2D eigenvalue weighted by atomic mass is 10.1. The third-order valence-electron chi connectivity index (χ3n) is 5.23. The number of nitrogens with zero attached hydrogens (tertiary/aromatic N) is 5. The fourth-order valence-corrected chi connectivity index (χ4v) is 4.40. The highest BCUT2D eigenvalue weighted by molar-refractivity contribution is 7.07. The van der Waals surface area contributed by atoms with Crippen molar-refractivity contribution in [2.24, 2.45) is 10.1 Å². The number of imidazole rings is 1. The van der Waals surface area contributed by atoms with Gasteiger partial charge in [-0.05, 0) is 48.9 Å². The van der Waals surface area contributed by atoms with Gasteiger partial charge in [-0.3, -0.25) is 0 Å². The van der Waals surface area contributed by atoms with Crippen LogP contribution >= 0.6 is 22.9 Å². The predicted molar refractivity (Wildman–Crippen MR) is 136 cm³/mol. The molecule has 0 aliphatic rings. The van der Waals surface area contributed by atoms with Crippen molar-refractivity contribution >= 4 is 34.3 Å². The normalized spacial score (nSPS) is 12.3. The molecule has 0 spiro atoms. The monoisotopic (exact) mass is 487 g/mol. The van der Waals surface area contributed by atoms with E-state index in [9.17, 15) is 4.39 Å². The fourth-order valence-electron chi connectivity index (χ4n) is 3.43. The van der Waals surface area contributed by atoms with E-state index in [1.807, 2.05) is 71.6 Å². The molecular formula is C26H19ClFN5S. The van der Waals surface area contributed by atoms with E-state index in [-0.39, 0.29) is 11.5 Å². The Morgan fingerprint density at radius 2 is 1.76 bits per heavy atom. The third-order valence-corrected chi connectivity index (χ3v) is 6.30. The summed E-state index contributed by atoms with van der Waals surface area (Å²) in [5.41, 5.74) is 4.80. The van der Waals surface area contributed by atoms with E-state index in [0.29, 0.717) is 9.82 Å². The lowest BCUT2D eigenvalue weighted by molar-refractivity contribution is 0.628. The highest BCUT2D eigenvalue weighted by Gasteiger charge is 2.10. The number of halogens is 2. The molecule has 0 atom stereocenters. The summed E-state index contributed by atoms with van der Waals surface area (Å²) in [5.74, 6) is -0.383. The molecule has 168 valence electrons. The highest BCUT2D eigenvalue weighted by atomic mass is 35.5. The number of para-hydroxylation sites is 1. The minimum atomic E-state index is -0.383. The van der Waals surface area contributed by atoms with E-state index < -0.39 is 0 Å². The molecule has 0 saturated heterocycles. The number of rotatable bonds is 5. The van der Waals surface area contributed by atoms with Gasteiger partial charge in [0.2, 0.25) is 4.80 Å². The zero-order chi connectivity index (χ0) is 23.5. The maximum atomic E-state index is 14.3. The Bertz CT molecular complexity index is 1510. The molecule has 0 saturated carbocycles. The quantitative estimate of drug-likeness (QED) is 0.254. The van der Waals surface area contributed by atoms with E-state index in [2.05, 4.69) is 9.98 Å². The smallest absolute Gasteiger partial charge is 0.211 e. The first kappa shape index (κ1) is 22.0. The van der Waals surface area contributed by atoms with Gasteiger partial charge in [-0.15, -0.1) is 11.3 Å². The van der Waals surface area contributed by atoms with Crippen molar-refractivity contribution < 1.29 is 4.39 Å². The molecule has 0 radical (unpaired) electrons. The third kappa shape index (κ3) is 4.62. The number of benzene rings is 3. The molecule has 0 bridgehead atoms. The van der Waals surface area contributed by atoms with Crippen LogP contribution in [0.5, 0.6) is 0 Å². The Kier molecular flexibility index (Phi) is 6.20. The van der Waals surface area contributed by atoms with Crippen LogP contribution in [0.1, 0.15) is 12.5 Å². The van der Waals surface area contributed by atoms with Crippen molar-refractivity contribution in [3.63, 3.8) is 0 Å². The van der Waals surface area contributed by atoms with Crippen LogP contribution in [0, 0.1) is 5.82 Å². The summed E-state index contributed by atoms with van der Waals surface area (Å²) < 4.78 is 18.0. The van der Waals surface area contributed by atoms with Gasteiger partial charge in [0.25, 0.3) is 0 Å². The Morgan fingerprint density at radius 1 is 1.00 bits per heavy atom. The molecule has 0 N–H and O–H groups in total. The van der Waals surface area contributed by atoms with Crippen molar-refractivity contribution in [1.29, 1.82) is 0 Å². The van der Waals surface area contributed by atoms with Gasteiger partial charge in [-0.2, -0.15) is 5.10 Å². The lowest BCUT2D eigenvalue weighted by Gasteiger charge is -2.08. The Balaban J connectivity index is 1.61. The van der Waals surface area contributed by atoms with Crippen LogP contribution in [0.2, 0.25) is 5.02 Å². The summed E-state index contributed by atoms with van der Waals surface area (Å²) in [7, 11) is 0. The number of thiazole rings is 1. The van der Waals surface area contributed by atoms with E-state index >= 15 is 0 Å². The van der Waals surface area contributed by atoms with Crippen molar-refractivity contribution in [3.05, 3.63) is 118 Å². The fraction of sp³-hybridized carbons (Fsp3) is 0.0385. The van der Waals surface area contributed by atoms with Crippen LogP contribution in [-0.4, -0.2) is 19.9 Å². The van der Waals surface area contributed by atoms with E-state index in [0.717, 1.165) is 28.2 Å².